The number of nitrogens with one attached hydrogen (secondary N) is 1. The van der Waals surface area contributed by atoms with Crippen molar-refractivity contribution in [2.45, 2.75) is 57.9 Å². The van der Waals surface area contributed by atoms with Crippen molar-refractivity contribution >= 4 is 5.91 Å². The fraction of sp³-hybridized carbons (Fsp3) is 0.545. The molecular weight excluding hydrogens is 324 g/mol. The third-order valence-corrected chi connectivity index (χ3v) is 6.23. The third-order valence-electron chi connectivity index (χ3n) is 6.23. The molecule has 0 radical (unpaired) electrons. The molecule has 4 unspecified atom stereocenters. The molecule has 138 valence electrons. The number of nitrogens with zero attached hydrogens (tertiary/aromatic N) is 1. The van der Waals surface area contributed by atoms with Gasteiger partial charge in [-0.2, -0.15) is 0 Å². The number of fused-ring (bicyclic) bond motifs is 2. The molecule has 26 heavy (non-hydrogen) atoms. The molecule has 0 saturated heterocycles. The smallest absolute Gasteiger partial charge is 0.220 e. The second kappa shape index (κ2) is 7.65. The van der Waals surface area contributed by atoms with Gasteiger partial charge in [-0.05, 0) is 50.4 Å². The zero-order valence-electron chi connectivity index (χ0n) is 15.5. The molecule has 0 aliphatic heterocycles. The first-order valence-corrected chi connectivity index (χ1v) is 9.98. The topological polar surface area (TPSA) is 55.1 Å². The van der Waals surface area contributed by atoms with E-state index >= 15 is 0 Å². The predicted octanol–water partition coefficient (Wildman–Crippen LogP) is 4.61. The molecule has 1 aromatic heterocycles. The first kappa shape index (κ1) is 17.3. The van der Waals surface area contributed by atoms with Crippen LogP contribution in [0.1, 0.15) is 51.3 Å². The highest BCUT2D eigenvalue weighted by Crippen LogP contribution is 2.49. The van der Waals surface area contributed by atoms with Crippen LogP contribution in [0.4, 0.5) is 0 Å². The summed E-state index contributed by atoms with van der Waals surface area (Å²) in [7, 11) is 0. The molecule has 2 bridgehead atoms. The van der Waals surface area contributed by atoms with Crippen molar-refractivity contribution in [3.63, 3.8) is 0 Å². The van der Waals surface area contributed by atoms with Crippen molar-refractivity contribution < 1.29 is 9.21 Å². The van der Waals surface area contributed by atoms with Crippen molar-refractivity contribution in [1.82, 2.24) is 10.3 Å². The molecule has 1 aromatic carbocycles. The van der Waals surface area contributed by atoms with Crippen LogP contribution in [0.15, 0.2) is 40.9 Å². The molecule has 1 N–H and O–H groups in total. The van der Waals surface area contributed by atoms with Gasteiger partial charge in [-0.25, -0.2) is 4.98 Å². The van der Waals surface area contributed by atoms with Crippen LogP contribution in [0, 0.1) is 17.8 Å². The summed E-state index contributed by atoms with van der Waals surface area (Å²) in [5.41, 5.74) is 1.03. The van der Waals surface area contributed by atoms with Crippen LogP contribution in [0.25, 0.3) is 11.3 Å². The Kier molecular flexibility index (Phi) is 5.09. The Hall–Kier alpha value is -2.10. The average molecular weight is 352 g/mol. The van der Waals surface area contributed by atoms with Gasteiger partial charge in [0.25, 0.3) is 0 Å². The van der Waals surface area contributed by atoms with Gasteiger partial charge in [-0.1, -0.05) is 36.8 Å². The van der Waals surface area contributed by atoms with Crippen LogP contribution in [-0.2, 0) is 11.2 Å². The second-order valence-corrected chi connectivity index (χ2v) is 8.03. The summed E-state index contributed by atoms with van der Waals surface area (Å²) in [6.45, 7) is 2.18. The SMILES string of the molecule is CC(NC(=O)CCCc1ncc(-c2ccccc2)o1)C1CC2CCC1C2. The van der Waals surface area contributed by atoms with Crippen LogP contribution >= 0.6 is 0 Å². The lowest BCUT2D eigenvalue weighted by molar-refractivity contribution is -0.122. The first-order chi connectivity index (χ1) is 12.7. The molecular formula is C22H28N2O2. The van der Waals surface area contributed by atoms with Gasteiger partial charge >= 0.3 is 0 Å². The van der Waals surface area contributed by atoms with Gasteiger partial charge in [0.15, 0.2) is 11.7 Å². The Bertz CT molecular complexity index is 740. The summed E-state index contributed by atoms with van der Waals surface area (Å²) < 4.78 is 5.80. The molecule has 1 heterocycles. The molecule has 2 fully saturated rings. The van der Waals surface area contributed by atoms with E-state index in [2.05, 4.69) is 17.2 Å². The van der Waals surface area contributed by atoms with Crippen LogP contribution in [0.2, 0.25) is 0 Å². The lowest BCUT2D eigenvalue weighted by atomic mass is 9.84. The number of amides is 1. The minimum absolute atomic E-state index is 0.162. The van der Waals surface area contributed by atoms with Crippen molar-refractivity contribution in [3.05, 3.63) is 42.4 Å². The number of aryl methyl sites for hydroxylation is 1. The predicted molar refractivity (Wildman–Crippen MR) is 101 cm³/mol. The van der Waals surface area contributed by atoms with Crippen molar-refractivity contribution in [2.75, 3.05) is 0 Å². The van der Waals surface area contributed by atoms with Crippen LogP contribution in [0.5, 0.6) is 0 Å². The fourth-order valence-corrected chi connectivity index (χ4v) is 4.90. The minimum Gasteiger partial charge on any atom is -0.441 e. The van der Waals surface area contributed by atoms with E-state index in [1.54, 1.807) is 6.20 Å². The average Bonchev–Trinajstić information content (AvgIpc) is 3.39. The number of aromatic nitrogens is 1. The van der Waals surface area contributed by atoms with Gasteiger partial charge in [0.05, 0.1) is 6.20 Å². The number of hydrogen-bond donors (Lipinski definition) is 1. The summed E-state index contributed by atoms with van der Waals surface area (Å²) in [6.07, 6.45) is 9.23. The van der Waals surface area contributed by atoms with E-state index in [4.69, 9.17) is 4.42 Å². The lowest BCUT2D eigenvalue weighted by Gasteiger charge is -2.28. The van der Waals surface area contributed by atoms with Gasteiger partial charge in [0.1, 0.15) is 0 Å². The van der Waals surface area contributed by atoms with E-state index in [0.717, 1.165) is 29.6 Å². The number of hydrogen-bond acceptors (Lipinski definition) is 3. The zero-order chi connectivity index (χ0) is 17.9. The van der Waals surface area contributed by atoms with E-state index < -0.39 is 0 Å². The summed E-state index contributed by atoms with van der Waals surface area (Å²) in [5.74, 6) is 4.12. The summed E-state index contributed by atoms with van der Waals surface area (Å²) in [5, 5.41) is 3.23. The molecule has 2 aromatic rings. The summed E-state index contributed by atoms with van der Waals surface area (Å²) in [4.78, 5) is 16.6. The first-order valence-electron chi connectivity index (χ1n) is 9.98. The number of benzene rings is 1. The Morgan fingerprint density at radius 3 is 2.85 bits per heavy atom. The van der Waals surface area contributed by atoms with E-state index in [1.165, 1.54) is 25.7 Å². The summed E-state index contributed by atoms with van der Waals surface area (Å²) >= 11 is 0. The Morgan fingerprint density at radius 1 is 1.27 bits per heavy atom. The number of carbonyl (C=O) groups excluding carboxylic acids is 1. The van der Waals surface area contributed by atoms with Crippen LogP contribution < -0.4 is 5.32 Å². The van der Waals surface area contributed by atoms with Gasteiger partial charge in [-0.15, -0.1) is 0 Å². The highest BCUT2D eigenvalue weighted by Gasteiger charge is 2.42. The van der Waals surface area contributed by atoms with E-state index in [1.807, 2.05) is 30.3 Å². The van der Waals surface area contributed by atoms with Gasteiger partial charge in [0.2, 0.25) is 5.91 Å². The van der Waals surface area contributed by atoms with E-state index in [-0.39, 0.29) is 5.91 Å². The van der Waals surface area contributed by atoms with E-state index in [9.17, 15) is 4.79 Å². The van der Waals surface area contributed by atoms with E-state index in [0.29, 0.717) is 30.7 Å². The zero-order valence-corrected chi connectivity index (χ0v) is 15.5. The van der Waals surface area contributed by atoms with Crippen molar-refractivity contribution in [3.8, 4) is 11.3 Å². The number of oxazole rings is 1. The normalized spacial score (nSPS) is 25.3. The molecule has 2 aliphatic carbocycles. The highest BCUT2D eigenvalue weighted by atomic mass is 16.4. The Morgan fingerprint density at radius 2 is 2.12 bits per heavy atom. The van der Waals surface area contributed by atoms with Gasteiger partial charge in [0, 0.05) is 24.4 Å². The van der Waals surface area contributed by atoms with Crippen LogP contribution in [-0.4, -0.2) is 16.9 Å². The fourth-order valence-electron chi connectivity index (χ4n) is 4.90. The van der Waals surface area contributed by atoms with Gasteiger partial charge in [-0.3, -0.25) is 4.79 Å². The van der Waals surface area contributed by atoms with Gasteiger partial charge < -0.3 is 9.73 Å². The molecule has 1 amide bonds. The standard InChI is InChI=1S/C22H28N2O2/c1-15(19-13-16-10-11-18(19)12-16)24-21(25)8-5-9-22-23-14-20(26-22)17-6-3-2-4-7-17/h2-4,6-7,14-16,18-19H,5,8-13H2,1H3,(H,24,25). The largest absolute Gasteiger partial charge is 0.441 e. The quantitative estimate of drug-likeness (QED) is 0.792. The number of rotatable bonds is 7. The van der Waals surface area contributed by atoms with Crippen molar-refractivity contribution in [1.29, 1.82) is 0 Å². The molecule has 2 saturated carbocycles. The third kappa shape index (κ3) is 3.84. The molecule has 4 heteroatoms. The highest BCUT2D eigenvalue weighted by molar-refractivity contribution is 5.76. The van der Waals surface area contributed by atoms with Crippen LogP contribution in [0.3, 0.4) is 0 Å². The molecule has 4 nitrogen and oxygen atoms in total. The molecule has 2 aliphatic rings. The lowest BCUT2D eigenvalue weighted by Crippen LogP contribution is -2.40. The summed E-state index contributed by atoms with van der Waals surface area (Å²) in [6, 6.07) is 10.3. The Balaban J connectivity index is 1.21. The molecule has 0 spiro atoms. The monoisotopic (exact) mass is 352 g/mol. The Labute approximate surface area is 155 Å². The second-order valence-electron chi connectivity index (χ2n) is 8.03. The maximum atomic E-state index is 12.3. The maximum absolute atomic E-state index is 12.3. The minimum atomic E-state index is 0.162. The molecule has 4 atom stereocenters. The number of carbonyl (C=O) groups is 1. The maximum Gasteiger partial charge on any atom is 0.220 e. The van der Waals surface area contributed by atoms with Crippen molar-refractivity contribution in [2.24, 2.45) is 17.8 Å². The molecule has 4 rings (SSSR count).